The van der Waals surface area contributed by atoms with Crippen LogP contribution in [0.15, 0.2) is 0 Å². The van der Waals surface area contributed by atoms with Crippen molar-refractivity contribution < 1.29 is 70.4 Å². The summed E-state index contributed by atoms with van der Waals surface area (Å²) in [6.07, 6.45) is 19.1. The summed E-state index contributed by atoms with van der Waals surface area (Å²) in [5.41, 5.74) is 6.25. The third-order valence-corrected chi connectivity index (χ3v) is 10.1. The van der Waals surface area contributed by atoms with Gasteiger partial charge >= 0.3 is 30.4 Å². The highest BCUT2D eigenvalue weighted by atomic mass is 31.2. The molecule has 1 aliphatic rings. The Labute approximate surface area is 335 Å². The number of phosphoric acid groups is 1. The minimum Gasteiger partial charge on any atom is -0.466 e. The van der Waals surface area contributed by atoms with Gasteiger partial charge in [0.25, 0.3) is 0 Å². The fourth-order valence-corrected chi connectivity index (χ4v) is 6.80. The van der Waals surface area contributed by atoms with Gasteiger partial charge in [0.2, 0.25) is 0 Å². The van der Waals surface area contributed by atoms with Gasteiger partial charge in [0.05, 0.1) is 45.7 Å². The van der Waals surface area contributed by atoms with Gasteiger partial charge in [-0.2, -0.15) is 4.89 Å². The molecule has 1 fully saturated rings. The van der Waals surface area contributed by atoms with Crippen LogP contribution in [0.2, 0.25) is 0 Å². The lowest BCUT2D eigenvalue weighted by Gasteiger charge is -2.39. The maximum absolute atomic E-state index is 12.0. The Morgan fingerprint density at radius 3 is 1.64 bits per heavy atom. The second-order valence-corrected chi connectivity index (χ2v) is 15.9. The van der Waals surface area contributed by atoms with Gasteiger partial charge in [0.15, 0.2) is 6.66 Å². The molecule has 0 aromatic rings. The third-order valence-electron chi connectivity index (χ3n) is 7.93. The number of phosphoric ester groups is 1. The van der Waals surface area contributed by atoms with E-state index in [4.69, 9.17) is 47.6 Å². The summed E-state index contributed by atoms with van der Waals surface area (Å²) >= 11 is 0. The first-order valence-corrected chi connectivity index (χ1v) is 23.8. The number of unbranched alkanes of at least 4 members (excludes halogenated alkanes) is 14. The van der Waals surface area contributed by atoms with Crippen LogP contribution in [0, 0.1) is 0 Å². The zero-order valence-corrected chi connectivity index (χ0v) is 38.2. The van der Waals surface area contributed by atoms with Crippen molar-refractivity contribution in [2.45, 2.75) is 167 Å². The SMILES string of the molecule is C=O.CC.CCCCCCCCCCCCCCCCCC(=O)OCCCOP(OC)OC1CC(OP(=O)(O)OC)C(OC)CC1N.COOC.C[P+](=O)O. The highest BCUT2D eigenvalue weighted by Crippen LogP contribution is 2.48. The zero-order valence-electron chi connectivity index (χ0n) is 35.5. The number of hydrogen-bond acceptors (Lipinski definition) is 14. The molecule has 0 saturated heterocycles. The van der Waals surface area contributed by atoms with Gasteiger partial charge in [0, 0.05) is 46.6 Å². The summed E-state index contributed by atoms with van der Waals surface area (Å²) in [5.74, 6) is -0.177. The van der Waals surface area contributed by atoms with Crippen molar-refractivity contribution in [1.82, 2.24) is 0 Å². The molecule has 19 heteroatoms. The Morgan fingerprint density at radius 1 is 0.782 bits per heavy atom. The van der Waals surface area contributed by atoms with Crippen molar-refractivity contribution in [1.29, 1.82) is 0 Å². The molecular weight excluding hydrogens is 779 g/mol. The summed E-state index contributed by atoms with van der Waals surface area (Å²) in [5, 5.41) is 0. The predicted octanol–water partition coefficient (Wildman–Crippen LogP) is 9.11. The minimum atomic E-state index is -4.21. The summed E-state index contributed by atoms with van der Waals surface area (Å²) in [6.45, 7) is 10.0. The van der Waals surface area contributed by atoms with Gasteiger partial charge < -0.3 is 38.5 Å². The Morgan fingerprint density at radius 2 is 1.24 bits per heavy atom. The van der Waals surface area contributed by atoms with Gasteiger partial charge in [-0.25, -0.2) is 14.3 Å². The van der Waals surface area contributed by atoms with Crippen molar-refractivity contribution >= 4 is 37.2 Å². The van der Waals surface area contributed by atoms with Crippen LogP contribution in [0.3, 0.4) is 0 Å². The number of hydrogen-bond donors (Lipinski definition) is 3. The van der Waals surface area contributed by atoms with E-state index in [1.54, 1.807) is 0 Å². The van der Waals surface area contributed by atoms with Crippen molar-refractivity contribution in [3.8, 4) is 0 Å². The largest absolute Gasteiger partial charge is 0.502 e. The van der Waals surface area contributed by atoms with E-state index in [0.29, 0.717) is 19.3 Å². The Kier molecular flexibility index (Phi) is 51.3. The predicted molar refractivity (Wildman–Crippen MR) is 218 cm³/mol. The maximum Gasteiger partial charge on any atom is 0.502 e. The first-order chi connectivity index (χ1) is 26.4. The molecule has 16 nitrogen and oxygen atoms in total. The number of carbonyl (C=O) groups excluding carboxylic acids is 2. The van der Waals surface area contributed by atoms with Crippen LogP contribution in [-0.2, 0) is 60.6 Å². The zero-order chi connectivity index (χ0) is 42.8. The van der Waals surface area contributed by atoms with Gasteiger partial charge in [-0.05, 0) is 17.4 Å². The fourth-order valence-electron chi connectivity index (χ4n) is 5.16. The molecule has 4 N–H and O–H groups in total. The molecule has 7 atom stereocenters. The van der Waals surface area contributed by atoms with E-state index in [0.717, 1.165) is 20.0 Å². The van der Waals surface area contributed by atoms with Crippen LogP contribution < -0.4 is 5.73 Å². The van der Waals surface area contributed by atoms with Gasteiger partial charge in [-0.3, -0.25) is 13.8 Å². The lowest BCUT2D eigenvalue weighted by atomic mass is 9.88. The molecule has 0 spiro atoms. The van der Waals surface area contributed by atoms with Crippen molar-refractivity contribution in [2.75, 3.05) is 55.4 Å². The molecule has 0 heterocycles. The van der Waals surface area contributed by atoms with Crippen LogP contribution >= 0.6 is 24.5 Å². The van der Waals surface area contributed by atoms with E-state index in [-0.39, 0.29) is 25.6 Å². The number of carbonyl (C=O) groups is 2. The molecule has 0 bridgehead atoms. The van der Waals surface area contributed by atoms with Gasteiger partial charge in [0.1, 0.15) is 6.79 Å². The number of rotatable bonds is 29. The minimum absolute atomic E-state index is 0.177. The van der Waals surface area contributed by atoms with Gasteiger partial charge in [-0.15, -0.1) is 0 Å². The van der Waals surface area contributed by atoms with Crippen molar-refractivity contribution in [3.05, 3.63) is 0 Å². The summed E-state index contributed by atoms with van der Waals surface area (Å²) in [7, 11) is -0.829. The number of methoxy groups -OCH3 is 1. The van der Waals surface area contributed by atoms with E-state index in [1.807, 2.05) is 20.6 Å². The first-order valence-electron chi connectivity index (χ1n) is 19.5. The van der Waals surface area contributed by atoms with Crippen LogP contribution in [0.1, 0.15) is 143 Å². The van der Waals surface area contributed by atoms with Gasteiger partial charge in [-0.1, -0.05) is 111 Å². The third kappa shape index (κ3) is 42.9. The molecule has 0 aromatic heterocycles. The van der Waals surface area contributed by atoms with E-state index in [1.165, 1.54) is 119 Å². The molecule has 1 saturated carbocycles. The lowest BCUT2D eigenvalue weighted by Crippen LogP contribution is -2.51. The second-order valence-electron chi connectivity index (χ2n) is 12.2. The average Bonchev–Trinajstić information content (AvgIpc) is 3.18. The van der Waals surface area contributed by atoms with Crippen LogP contribution in [-0.4, -0.2) is 102 Å². The molecule has 1 aliphatic carbocycles. The molecule has 0 aliphatic heterocycles. The first kappa shape index (κ1) is 61.1. The highest BCUT2D eigenvalue weighted by Gasteiger charge is 2.42. The fraction of sp³-hybridized carbons (Fsp3) is 0.944. The summed E-state index contributed by atoms with van der Waals surface area (Å²) < 4.78 is 58.5. The van der Waals surface area contributed by atoms with Crippen LogP contribution in [0.25, 0.3) is 0 Å². The molecule has 55 heavy (non-hydrogen) atoms. The highest BCUT2D eigenvalue weighted by molar-refractivity contribution is 7.47. The van der Waals surface area contributed by atoms with E-state index in [2.05, 4.69) is 21.2 Å². The molecule has 1 rings (SSSR count). The number of esters is 1. The topological polar surface area (TPSA) is 218 Å². The molecule has 332 valence electrons. The molecule has 0 amide bonds. The normalized spacial score (nSPS) is 19.3. The average molecular weight is 859 g/mol. The standard InChI is InChI=1S/C30H61NO10P2.C2H6O2.C2H6.CH3O2P.CH2O/c1-5-6-7-8-9-10-11-12-13-14-15-16-17-18-19-21-30(32)38-22-20-23-39-42(36-3)40-27-25-29(41-43(33,34)37-4)28(35-2)24-26(27)31;1-3-4-2;1-2;1-4(2)3;1-2/h26-29H,5-25,31H2,1-4H3,(H,33,34);1-2H3;1-2H3;1H3;1H2/p+1. The van der Waals surface area contributed by atoms with E-state index >= 15 is 0 Å². The molecule has 0 radical (unpaired) electrons. The molecule has 7 unspecified atom stereocenters. The number of nitrogens with two attached hydrogens (primary N) is 1. The number of ether oxygens (including phenoxy) is 2. The smallest absolute Gasteiger partial charge is 0.466 e. The van der Waals surface area contributed by atoms with Crippen molar-refractivity contribution in [2.24, 2.45) is 5.73 Å². The van der Waals surface area contributed by atoms with Crippen molar-refractivity contribution in [3.63, 3.8) is 0 Å². The summed E-state index contributed by atoms with van der Waals surface area (Å²) in [4.78, 5) is 45.4. The van der Waals surface area contributed by atoms with Crippen LogP contribution in [0.5, 0.6) is 0 Å². The monoisotopic (exact) mass is 858 g/mol. The van der Waals surface area contributed by atoms with E-state index in [9.17, 15) is 14.3 Å². The van der Waals surface area contributed by atoms with Crippen LogP contribution in [0.4, 0.5) is 0 Å². The second kappa shape index (κ2) is 46.2. The van der Waals surface area contributed by atoms with E-state index < -0.39 is 48.8 Å². The Hall–Kier alpha value is -0.540. The Bertz CT molecular complexity index is 876. The maximum atomic E-state index is 12.0. The molecule has 0 aromatic carbocycles. The summed E-state index contributed by atoms with van der Waals surface area (Å²) in [6, 6.07) is -0.408. The quantitative estimate of drug-likeness (QED) is 0.0210. The Balaban J connectivity index is -0.000000953. The lowest BCUT2D eigenvalue weighted by molar-refractivity contribution is -0.248. The molecular formula is C36H79NO15P3+.